The molecule has 0 radical (unpaired) electrons. The Labute approximate surface area is 112 Å². The van der Waals surface area contributed by atoms with E-state index < -0.39 is 29.7 Å². The summed E-state index contributed by atoms with van der Waals surface area (Å²) in [6.45, 7) is 0. The van der Waals surface area contributed by atoms with Gasteiger partial charge in [0.05, 0.1) is 10.6 Å². The van der Waals surface area contributed by atoms with Gasteiger partial charge in [-0.1, -0.05) is 17.7 Å². The Kier molecular flexibility index (Phi) is 3.90. The number of hydrogen-bond donors (Lipinski definition) is 0. The highest BCUT2D eigenvalue weighted by Gasteiger charge is 2.16. The second-order valence-corrected chi connectivity index (χ2v) is 4.34. The van der Waals surface area contributed by atoms with Crippen LogP contribution >= 0.6 is 11.6 Å². The van der Waals surface area contributed by atoms with Crippen LogP contribution < -0.4 is 0 Å². The lowest BCUT2D eigenvalue weighted by molar-refractivity contribution is 0.0988. The molecule has 0 heterocycles. The number of carbonyl (C=O) groups excluding carboxylic acids is 1. The predicted molar refractivity (Wildman–Crippen MR) is 65.8 cm³/mol. The first kappa shape index (κ1) is 13.6. The van der Waals surface area contributed by atoms with Gasteiger partial charge in [0.2, 0.25) is 0 Å². The van der Waals surface area contributed by atoms with Gasteiger partial charge in [-0.15, -0.1) is 0 Å². The highest BCUT2D eigenvalue weighted by Crippen LogP contribution is 2.20. The first-order chi connectivity index (χ1) is 8.99. The third-order valence-electron chi connectivity index (χ3n) is 2.61. The fourth-order valence-corrected chi connectivity index (χ4v) is 1.84. The third-order valence-corrected chi connectivity index (χ3v) is 2.90. The van der Waals surface area contributed by atoms with Crippen LogP contribution in [0.3, 0.4) is 0 Å². The molecule has 0 unspecified atom stereocenters. The number of hydrogen-bond acceptors (Lipinski definition) is 1. The monoisotopic (exact) mass is 284 g/mol. The van der Waals surface area contributed by atoms with Crippen molar-refractivity contribution in [1.29, 1.82) is 0 Å². The maximum atomic E-state index is 13.6. The molecule has 0 atom stereocenters. The summed E-state index contributed by atoms with van der Waals surface area (Å²) in [4.78, 5) is 11.9. The molecule has 19 heavy (non-hydrogen) atoms. The first-order valence-corrected chi connectivity index (χ1v) is 5.78. The summed E-state index contributed by atoms with van der Waals surface area (Å²) in [6, 6.07) is 6.75. The van der Waals surface area contributed by atoms with Crippen LogP contribution in [0, 0.1) is 17.5 Å². The minimum atomic E-state index is -0.856. The molecule has 0 saturated carbocycles. The Morgan fingerprint density at radius 3 is 2.58 bits per heavy atom. The number of halogens is 4. The van der Waals surface area contributed by atoms with Crippen LogP contribution in [-0.2, 0) is 6.42 Å². The fourth-order valence-electron chi connectivity index (χ4n) is 1.67. The lowest BCUT2D eigenvalue weighted by Crippen LogP contribution is -2.08. The van der Waals surface area contributed by atoms with Gasteiger partial charge in [0.15, 0.2) is 11.6 Å². The van der Waals surface area contributed by atoms with Crippen molar-refractivity contribution < 1.29 is 18.0 Å². The molecule has 2 aromatic carbocycles. The van der Waals surface area contributed by atoms with Gasteiger partial charge in [-0.05, 0) is 35.9 Å². The third kappa shape index (κ3) is 2.96. The highest BCUT2D eigenvalue weighted by molar-refractivity contribution is 6.31. The Morgan fingerprint density at radius 2 is 1.84 bits per heavy atom. The predicted octanol–water partition coefficient (Wildman–Crippen LogP) is 4.18. The minimum absolute atomic E-state index is 0.121. The molecule has 5 heteroatoms. The Balaban J connectivity index is 2.31. The largest absolute Gasteiger partial charge is 0.294 e. The maximum absolute atomic E-state index is 13.6. The molecule has 0 bridgehead atoms. The molecule has 0 aliphatic carbocycles. The number of benzene rings is 2. The molecule has 0 aromatic heterocycles. The van der Waals surface area contributed by atoms with Crippen LogP contribution in [0.25, 0.3) is 0 Å². The number of rotatable bonds is 3. The summed E-state index contributed by atoms with van der Waals surface area (Å²) < 4.78 is 40.0. The number of Topliss-reactive ketones (excluding diaryl/α,β-unsaturated/α-hetero) is 1. The van der Waals surface area contributed by atoms with Crippen molar-refractivity contribution in [1.82, 2.24) is 0 Å². The fraction of sp³-hybridized carbons (Fsp3) is 0.0714. The van der Waals surface area contributed by atoms with Crippen LogP contribution in [0.1, 0.15) is 15.9 Å². The quantitative estimate of drug-likeness (QED) is 0.773. The van der Waals surface area contributed by atoms with E-state index in [2.05, 4.69) is 0 Å². The Bertz CT molecular complexity index is 641. The summed E-state index contributed by atoms with van der Waals surface area (Å²) in [5, 5.41) is -0.189. The molecule has 0 amide bonds. The zero-order valence-electron chi connectivity index (χ0n) is 9.59. The van der Waals surface area contributed by atoms with Gasteiger partial charge < -0.3 is 0 Å². The van der Waals surface area contributed by atoms with Gasteiger partial charge in [-0.2, -0.15) is 0 Å². The van der Waals surface area contributed by atoms with Gasteiger partial charge in [0.1, 0.15) is 11.6 Å². The molecule has 0 saturated heterocycles. The highest BCUT2D eigenvalue weighted by atomic mass is 35.5. The lowest BCUT2D eigenvalue weighted by Gasteiger charge is -2.05. The molecule has 0 N–H and O–H groups in total. The molecule has 1 nitrogen and oxygen atoms in total. The van der Waals surface area contributed by atoms with E-state index in [-0.39, 0.29) is 16.1 Å². The van der Waals surface area contributed by atoms with E-state index in [9.17, 15) is 18.0 Å². The van der Waals surface area contributed by atoms with Crippen LogP contribution in [-0.4, -0.2) is 5.78 Å². The molecule has 98 valence electrons. The molecule has 0 fully saturated rings. The molecule has 2 rings (SSSR count). The topological polar surface area (TPSA) is 17.1 Å². The molecular weight excluding hydrogens is 277 g/mol. The van der Waals surface area contributed by atoms with Crippen molar-refractivity contribution in [3.05, 3.63) is 70.0 Å². The molecule has 0 aliphatic heterocycles. The standard InChI is InChI=1S/C14H8ClF3O/c15-11-3-1-2-10(14(11)18)13(19)7-8-6-9(16)4-5-12(8)17/h1-6H,7H2. The van der Waals surface area contributed by atoms with Gasteiger partial charge in [0, 0.05) is 6.42 Å². The second-order valence-electron chi connectivity index (χ2n) is 3.94. The van der Waals surface area contributed by atoms with Crippen molar-refractivity contribution in [2.75, 3.05) is 0 Å². The van der Waals surface area contributed by atoms with Crippen LogP contribution in [0.2, 0.25) is 5.02 Å². The van der Waals surface area contributed by atoms with Gasteiger partial charge in [0.25, 0.3) is 0 Å². The van der Waals surface area contributed by atoms with E-state index in [0.717, 1.165) is 18.2 Å². The van der Waals surface area contributed by atoms with E-state index in [1.54, 1.807) is 0 Å². The van der Waals surface area contributed by atoms with Gasteiger partial charge in [-0.25, -0.2) is 13.2 Å². The van der Waals surface area contributed by atoms with Crippen LogP contribution in [0.15, 0.2) is 36.4 Å². The van der Waals surface area contributed by atoms with Crippen molar-refractivity contribution in [3.63, 3.8) is 0 Å². The smallest absolute Gasteiger partial charge is 0.170 e. The number of carbonyl (C=O) groups is 1. The average Bonchev–Trinajstić information content (AvgIpc) is 2.37. The minimum Gasteiger partial charge on any atom is -0.294 e. The zero-order valence-corrected chi connectivity index (χ0v) is 10.3. The molecule has 0 aliphatic rings. The van der Waals surface area contributed by atoms with Crippen molar-refractivity contribution >= 4 is 17.4 Å². The zero-order chi connectivity index (χ0) is 14.0. The summed E-state index contributed by atoms with van der Waals surface area (Å²) in [7, 11) is 0. The van der Waals surface area contributed by atoms with Crippen molar-refractivity contribution in [3.8, 4) is 0 Å². The summed E-state index contributed by atoms with van der Waals surface area (Å²) >= 11 is 5.56. The molecule has 0 spiro atoms. The van der Waals surface area contributed by atoms with E-state index in [4.69, 9.17) is 11.6 Å². The van der Waals surface area contributed by atoms with E-state index >= 15 is 0 Å². The van der Waals surface area contributed by atoms with E-state index in [0.29, 0.717) is 0 Å². The second kappa shape index (κ2) is 5.45. The first-order valence-electron chi connectivity index (χ1n) is 5.40. The van der Waals surface area contributed by atoms with Crippen LogP contribution in [0.4, 0.5) is 13.2 Å². The van der Waals surface area contributed by atoms with Gasteiger partial charge in [-0.3, -0.25) is 4.79 Å². The summed E-state index contributed by atoms with van der Waals surface area (Å²) in [5.41, 5.74) is -0.361. The Morgan fingerprint density at radius 1 is 1.11 bits per heavy atom. The summed E-state index contributed by atoms with van der Waals surface area (Å²) in [6.07, 6.45) is -0.430. The van der Waals surface area contributed by atoms with Crippen molar-refractivity contribution in [2.24, 2.45) is 0 Å². The summed E-state index contributed by atoms with van der Waals surface area (Å²) in [5.74, 6) is -2.89. The van der Waals surface area contributed by atoms with E-state index in [1.807, 2.05) is 0 Å². The Hall–Kier alpha value is -1.81. The van der Waals surface area contributed by atoms with Gasteiger partial charge >= 0.3 is 0 Å². The maximum Gasteiger partial charge on any atom is 0.170 e. The SMILES string of the molecule is O=C(Cc1cc(F)ccc1F)c1cccc(Cl)c1F. The number of ketones is 1. The molecular formula is C14H8ClF3O. The average molecular weight is 285 g/mol. The normalized spacial score (nSPS) is 10.5. The van der Waals surface area contributed by atoms with Crippen molar-refractivity contribution in [2.45, 2.75) is 6.42 Å². The van der Waals surface area contributed by atoms with Crippen LogP contribution in [0.5, 0.6) is 0 Å². The molecule has 2 aromatic rings. The lowest BCUT2D eigenvalue weighted by atomic mass is 10.0. The van der Waals surface area contributed by atoms with E-state index in [1.165, 1.54) is 18.2 Å².